The van der Waals surface area contributed by atoms with Crippen LogP contribution < -0.4 is 0 Å². The minimum absolute atomic E-state index is 0.0889. The molecule has 270 valence electrons. The molecule has 0 saturated carbocycles. The lowest BCUT2D eigenvalue weighted by Crippen LogP contribution is -2.22. The molecule has 0 bridgehead atoms. The lowest BCUT2D eigenvalue weighted by Gasteiger charge is -2.15. The van der Waals surface area contributed by atoms with Gasteiger partial charge < -0.3 is 18.9 Å². The van der Waals surface area contributed by atoms with Crippen LogP contribution in [0, 0.1) is 0 Å². The molecule has 0 aromatic heterocycles. The molecule has 0 aliphatic heterocycles. The van der Waals surface area contributed by atoms with Crippen molar-refractivity contribution in [1.29, 1.82) is 0 Å². The molecule has 2 rings (SSSR count). The van der Waals surface area contributed by atoms with Crippen molar-refractivity contribution in [3.8, 4) is 0 Å². The fraction of sp³-hybridized carbons (Fsp3) is 0.659. The maximum Gasteiger partial charge on any atom is 0.306 e. The predicted molar refractivity (Wildman–Crippen MR) is 199 cm³/mol. The van der Waals surface area contributed by atoms with Gasteiger partial charge in [-0.3, -0.25) is 9.59 Å². The molecule has 6 nitrogen and oxygen atoms in total. The highest BCUT2D eigenvalue weighted by molar-refractivity contribution is 9.09. The number of unbranched alkanes of at least 4 members (excludes halogenated alkanes) is 16. The molecule has 0 radical (unpaired) electrons. The van der Waals surface area contributed by atoms with E-state index in [2.05, 4.69) is 15.9 Å². The van der Waals surface area contributed by atoms with E-state index < -0.39 is 0 Å². The quantitative estimate of drug-likeness (QED) is 0.0424. The van der Waals surface area contributed by atoms with E-state index in [4.69, 9.17) is 18.9 Å². The average molecular weight is 732 g/mol. The highest BCUT2D eigenvalue weighted by Gasteiger charge is 2.08. The van der Waals surface area contributed by atoms with Gasteiger partial charge in [-0.1, -0.05) is 166 Å². The van der Waals surface area contributed by atoms with Crippen LogP contribution in [0.3, 0.4) is 0 Å². The second-order valence-corrected chi connectivity index (χ2v) is 13.5. The van der Waals surface area contributed by atoms with Gasteiger partial charge in [0.25, 0.3) is 0 Å². The summed E-state index contributed by atoms with van der Waals surface area (Å²) in [5.74, 6) is -0.178. The number of hydrogen-bond acceptors (Lipinski definition) is 6. The Hall–Kier alpha value is -2.22. The Morgan fingerprint density at radius 2 is 0.875 bits per heavy atom. The summed E-state index contributed by atoms with van der Waals surface area (Å²) in [6.45, 7) is 3.03. The van der Waals surface area contributed by atoms with Gasteiger partial charge in [-0.15, -0.1) is 0 Å². The lowest BCUT2D eigenvalue weighted by atomic mass is 10.1. The molecule has 0 N–H and O–H groups in total. The number of carbonyl (C=O) groups excluding carboxylic acids is 2. The number of esters is 2. The highest BCUT2D eigenvalue weighted by Crippen LogP contribution is 2.14. The molecule has 7 heteroatoms. The van der Waals surface area contributed by atoms with E-state index in [9.17, 15) is 9.59 Å². The number of rotatable bonds is 32. The molecule has 1 unspecified atom stereocenters. The van der Waals surface area contributed by atoms with Crippen molar-refractivity contribution in [2.75, 3.05) is 25.2 Å². The molecule has 0 saturated heterocycles. The van der Waals surface area contributed by atoms with Crippen molar-refractivity contribution >= 4 is 27.9 Å². The summed E-state index contributed by atoms with van der Waals surface area (Å²) in [7, 11) is 0. The predicted octanol–water partition coefficient (Wildman–Crippen LogP) is 11.1. The normalized spacial score (nSPS) is 11.8. The Morgan fingerprint density at radius 3 is 1.29 bits per heavy atom. The lowest BCUT2D eigenvalue weighted by molar-refractivity contribution is -0.146. The SMILES string of the molecule is O=C(CCCCCCCCCCCOCC(CBr)OCCCCCCCCCCCC(=O)OCc1ccccc1)OCc1ccccc1. The minimum Gasteiger partial charge on any atom is -0.461 e. The molecule has 0 fully saturated rings. The topological polar surface area (TPSA) is 71.1 Å². The van der Waals surface area contributed by atoms with Gasteiger partial charge in [0.05, 0.1) is 12.7 Å². The molecule has 0 aliphatic rings. The van der Waals surface area contributed by atoms with Crippen LogP contribution in [0.2, 0.25) is 0 Å². The molecule has 0 aliphatic carbocycles. The number of alkyl halides is 1. The first-order valence-corrected chi connectivity index (χ1v) is 19.9. The van der Waals surface area contributed by atoms with Crippen molar-refractivity contribution in [3.63, 3.8) is 0 Å². The van der Waals surface area contributed by atoms with Gasteiger partial charge in [-0.25, -0.2) is 0 Å². The third-order valence-corrected chi connectivity index (χ3v) is 9.23. The van der Waals surface area contributed by atoms with E-state index in [0.29, 0.717) is 32.7 Å². The zero-order valence-electron chi connectivity index (χ0n) is 29.6. The smallest absolute Gasteiger partial charge is 0.306 e. The first-order valence-electron chi connectivity index (χ1n) is 18.8. The molecule has 0 spiro atoms. The molecule has 2 aromatic rings. The Balaban J connectivity index is 1.25. The summed E-state index contributed by atoms with van der Waals surface area (Å²) in [6.07, 6.45) is 22.4. The fourth-order valence-electron chi connectivity index (χ4n) is 5.54. The van der Waals surface area contributed by atoms with Gasteiger partial charge in [0.2, 0.25) is 0 Å². The summed E-state index contributed by atoms with van der Waals surface area (Å²) in [4.78, 5) is 23.8. The zero-order chi connectivity index (χ0) is 34.2. The van der Waals surface area contributed by atoms with Crippen molar-refractivity contribution in [2.24, 2.45) is 0 Å². The number of benzene rings is 2. The van der Waals surface area contributed by atoms with Crippen molar-refractivity contribution in [1.82, 2.24) is 0 Å². The average Bonchev–Trinajstić information content (AvgIpc) is 3.12. The maximum absolute atomic E-state index is 11.9. The van der Waals surface area contributed by atoms with E-state index >= 15 is 0 Å². The van der Waals surface area contributed by atoms with Gasteiger partial charge in [-0.2, -0.15) is 0 Å². The van der Waals surface area contributed by atoms with Crippen LogP contribution in [0.4, 0.5) is 0 Å². The van der Waals surface area contributed by atoms with Crippen molar-refractivity contribution in [2.45, 2.75) is 148 Å². The van der Waals surface area contributed by atoms with Crippen LogP contribution in [-0.4, -0.2) is 43.2 Å². The van der Waals surface area contributed by atoms with Crippen LogP contribution in [0.1, 0.15) is 140 Å². The molecular weight excluding hydrogens is 668 g/mol. The standard InChI is InChI=1S/C41H63BrO6/c42-33-39(46-32-24-14-10-6-2-4-8-12-22-30-41(44)48-35-38-27-19-16-20-28-38)36-45-31-23-13-9-5-1-3-7-11-21-29-40(43)47-34-37-25-17-15-18-26-37/h15-20,25-28,39H,1-14,21-24,29-36H2. The Bertz CT molecular complexity index is 1020. The summed E-state index contributed by atoms with van der Waals surface area (Å²) in [5.41, 5.74) is 2.08. The van der Waals surface area contributed by atoms with Crippen molar-refractivity contribution in [3.05, 3.63) is 71.8 Å². The number of halogens is 1. The zero-order valence-corrected chi connectivity index (χ0v) is 31.1. The van der Waals surface area contributed by atoms with E-state index in [1.807, 2.05) is 60.7 Å². The number of hydrogen-bond donors (Lipinski definition) is 0. The van der Waals surface area contributed by atoms with Gasteiger partial charge in [0, 0.05) is 31.4 Å². The number of carbonyl (C=O) groups is 2. The van der Waals surface area contributed by atoms with Gasteiger partial charge in [0.15, 0.2) is 0 Å². The van der Waals surface area contributed by atoms with Crippen LogP contribution >= 0.6 is 15.9 Å². The first-order chi connectivity index (χ1) is 23.7. The Labute approximate surface area is 300 Å². The fourth-order valence-corrected chi connectivity index (χ4v) is 5.92. The summed E-state index contributed by atoms with van der Waals surface area (Å²) < 4.78 is 22.6. The maximum atomic E-state index is 11.9. The van der Waals surface area contributed by atoms with Crippen LogP contribution in [0.25, 0.3) is 0 Å². The number of ether oxygens (including phenoxy) is 4. The molecule has 1 atom stereocenters. The molecule has 0 amide bonds. The van der Waals surface area contributed by atoms with E-state index in [0.717, 1.165) is 68.2 Å². The monoisotopic (exact) mass is 730 g/mol. The van der Waals surface area contributed by atoms with E-state index in [1.54, 1.807) is 0 Å². The first kappa shape index (κ1) is 41.9. The third kappa shape index (κ3) is 24.9. The van der Waals surface area contributed by atoms with Gasteiger partial charge >= 0.3 is 11.9 Å². The molecule has 0 heterocycles. The van der Waals surface area contributed by atoms with E-state index in [-0.39, 0.29) is 18.0 Å². The van der Waals surface area contributed by atoms with Crippen LogP contribution in [0.15, 0.2) is 60.7 Å². The minimum atomic E-state index is -0.0892. The van der Waals surface area contributed by atoms with Gasteiger partial charge in [-0.05, 0) is 36.8 Å². The second kappa shape index (κ2) is 30.8. The van der Waals surface area contributed by atoms with Crippen molar-refractivity contribution < 1.29 is 28.5 Å². The largest absolute Gasteiger partial charge is 0.461 e. The second-order valence-electron chi connectivity index (χ2n) is 12.9. The third-order valence-electron chi connectivity index (χ3n) is 8.51. The highest BCUT2D eigenvalue weighted by atomic mass is 79.9. The molecule has 48 heavy (non-hydrogen) atoms. The van der Waals surface area contributed by atoms with E-state index in [1.165, 1.54) is 77.0 Å². The summed E-state index contributed by atoms with van der Waals surface area (Å²) in [6, 6.07) is 19.7. The Morgan fingerprint density at radius 1 is 0.500 bits per heavy atom. The van der Waals surface area contributed by atoms with Crippen LogP contribution in [0.5, 0.6) is 0 Å². The summed E-state index contributed by atoms with van der Waals surface area (Å²) >= 11 is 3.57. The molecule has 2 aromatic carbocycles. The van der Waals surface area contributed by atoms with Crippen LogP contribution in [-0.2, 0) is 41.8 Å². The summed E-state index contributed by atoms with van der Waals surface area (Å²) in [5, 5.41) is 0.812. The molecular formula is C41H63BrO6. The Kier molecular flexibility index (Phi) is 26.9. The van der Waals surface area contributed by atoms with Gasteiger partial charge in [0.1, 0.15) is 13.2 Å².